The van der Waals surface area contributed by atoms with Gasteiger partial charge < -0.3 is 4.74 Å². The summed E-state index contributed by atoms with van der Waals surface area (Å²) in [6.45, 7) is 0. The maximum atomic E-state index is 12.5. The van der Waals surface area contributed by atoms with Crippen LogP contribution in [0.1, 0.15) is 16.1 Å². The van der Waals surface area contributed by atoms with E-state index >= 15 is 0 Å². The lowest BCUT2D eigenvalue weighted by Crippen LogP contribution is -2.11. The molecule has 2 rings (SSSR count). The molecule has 0 aliphatic rings. The molecule has 7 heteroatoms. The highest BCUT2D eigenvalue weighted by Crippen LogP contribution is 2.31. The van der Waals surface area contributed by atoms with Crippen LogP contribution >= 0.6 is 0 Å². The number of rotatable bonds is 2. The Morgan fingerprint density at radius 1 is 1.26 bits per heavy atom. The van der Waals surface area contributed by atoms with Crippen LogP contribution in [0.2, 0.25) is 0 Å². The number of aromatic nitrogens is 2. The molecule has 0 unspecified atom stereocenters. The number of hydrogen-bond donors (Lipinski definition) is 0. The molecule has 0 N–H and O–H groups in total. The van der Waals surface area contributed by atoms with Crippen molar-refractivity contribution in [3.8, 4) is 5.88 Å². The summed E-state index contributed by atoms with van der Waals surface area (Å²) in [4.78, 5) is 11.6. The van der Waals surface area contributed by atoms with Crippen LogP contribution in [-0.4, -0.2) is 15.7 Å². The summed E-state index contributed by atoms with van der Waals surface area (Å²) in [6, 6.07) is 8.62. The molecule has 0 fully saturated rings. The SMILES string of the molecule is Cn1nc(OC(=O)c2ccccc2)cc1C(F)(F)F. The molecule has 0 amide bonds. The molecule has 0 bridgehead atoms. The predicted octanol–water partition coefficient (Wildman–Crippen LogP) is 2.66. The number of alkyl halides is 3. The highest BCUT2D eigenvalue weighted by Gasteiger charge is 2.35. The van der Waals surface area contributed by atoms with Gasteiger partial charge in [-0.3, -0.25) is 4.68 Å². The molecule has 0 aliphatic heterocycles. The average molecular weight is 270 g/mol. The average Bonchev–Trinajstić information content (AvgIpc) is 2.71. The van der Waals surface area contributed by atoms with Crippen molar-refractivity contribution in [1.82, 2.24) is 9.78 Å². The maximum Gasteiger partial charge on any atom is 0.433 e. The van der Waals surface area contributed by atoms with E-state index in [4.69, 9.17) is 4.74 Å². The first kappa shape index (κ1) is 13.1. The molecule has 19 heavy (non-hydrogen) atoms. The zero-order valence-electron chi connectivity index (χ0n) is 9.81. The van der Waals surface area contributed by atoms with Crippen molar-refractivity contribution in [2.45, 2.75) is 6.18 Å². The fraction of sp³-hybridized carbons (Fsp3) is 0.167. The number of hydrogen-bond acceptors (Lipinski definition) is 3. The molecule has 0 spiro atoms. The van der Waals surface area contributed by atoms with Crippen molar-refractivity contribution in [3.05, 3.63) is 47.7 Å². The summed E-state index contributed by atoms with van der Waals surface area (Å²) in [5, 5.41) is 3.50. The van der Waals surface area contributed by atoms with E-state index in [2.05, 4.69) is 5.10 Å². The minimum atomic E-state index is -4.54. The molecule has 1 aromatic heterocycles. The molecular formula is C12H9F3N2O2. The number of carbonyl (C=O) groups is 1. The Balaban J connectivity index is 2.19. The second kappa shape index (κ2) is 4.75. The number of halogens is 3. The Kier molecular flexibility index (Phi) is 3.28. The van der Waals surface area contributed by atoms with E-state index in [0.29, 0.717) is 10.7 Å². The number of nitrogens with zero attached hydrogens (tertiary/aromatic N) is 2. The van der Waals surface area contributed by atoms with Crippen LogP contribution in [0.15, 0.2) is 36.4 Å². The standard InChI is InChI=1S/C12H9F3N2O2/c1-17-9(12(13,14)15)7-10(16-17)19-11(18)8-5-3-2-4-6-8/h2-7H,1H3. The quantitative estimate of drug-likeness (QED) is 0.788. The van der Waals surface area contributed by atoms with Crippen LogP contribution in [0.25, 0.3) is 0 Å². The van der Waals surface area contributed by atoms with E-state index in [0.717, 1.165) is 7.05 Å². The number of aryl methyl sites for hydroxylation is 1. The van der Waals surface area contributed by atoms with Crippen LogP contribution in [-0.2, 0) is 13.2 Å². The zero-order chi connectivity index (χ0) is 14.0. The van der Waals surface area contributed by atoms with Crippen molar-refractivity contribution in [3.63, 3.8) is 0 Å². The van der Waals surface area contributed by atoms with E-state index in [1.54, 1.807) is 18.2 Å². The van der Waals surface area contributed by atoms with Gasteiger partial charge in [-0.1, -0.05) is 18.2 Å². The van der Waals surface area contributed by atoms with Gasteiger partial charge in [0.25, 0.3) is 0 Å². The fourth-order valence-electron chi connectivity index (χ4n) is 1.48. The predicted molar refractivity (Wildman–Crippen MR) is 59.6 cm³/mol. The van der Waals surface area contributed by atoms with Gasteiger partial charge in [0.15, 0.2) is 0 Å². The highest BCUT2D eigenvalue weighted by molar-refractivity contribution is 5.90. The fourth-order valence-corrected chi connectivity index (χ4v) is 1.48. The molecule has 1 heterocycles. The number of esters is 1. The van der Waals surface area contributed by atoms with Gasteiger partial charge >= 0.3 is 12.1 Å². The van der Waals surface area contributed by atoms with Gasteiger partial charge in [0, 0.05) is 13.1 Å². The van der Waals surface area contributed by atoms with Gasteiger partial charge in [-0.05, 0) is 12.1 Å². The smallest absolute Gasteiger partial charge is 0.402 e. The summed E-state index contributed by atoms with van der Waals surface area (Å²) >= 11 is 0. The van der Waals surface area contributed by atoms with Gasteiger partial charge in [-0.25, -0.2) is 4.79 Å². The van der Waals surface area contributed by atoms with Crippen LogP contribution < -0.4 is 4.74 Å². The van der Waals surface area contributed by atoms with Crippen molar-refractivity contribution < 1.29 is 22.7 Å². The molecule has 1 aromatic carbocycles. The summed E-state index contributed by atoms with van der Waals surface area (Å²) in [5.74, 6) is -1.14. The minimum absolute atomic E-state index is 0.238. The largest absolute Gasteiger partial charge is 0.433 e. The van der Waals surface area contributed by atoms with E-state index in [1.807, 2.05) is 0 Å². The van der Waals surface area contributed by atoms with Gasteiger partial charge in [0.1, 0.15) is 5.69 Å². The van der Waals surface area contributed by atoms with Crippen molar-refractivity contribution in [2.75, 3.05) is 0 Å². The lowest BCUT2D eigenvalue weighted by molar-refractivity contribution is -0.143. The summed E-state index contributed by atoms with van der Waals surface area (Å²) < 4.78 is 43.0. The molecule has 2 aromatic rings. The van der Waals surface area contributed by atoms with E-state index in [-0.39, 0.29) is 11.4 Å². The van der Waals surface area contributed by atoms with E-state index in [9.17, 15) is 18.0 Å². The van der Waals surface area contributed by atoms with Crippen molar-refractivity contribution in [2.24, 2.45) is 7.05 Å². The molecule has 0 saturated carbocycles. The number of ether oxygens (including phenoxy) is 1. The molecule has 4 nitrogen and oxygen atoms in total. The molecule has 0 radical (unpaired) electrons. The van der Waals surface area contributed by atoms with E-state index < -0.39 is 17.8 Å². The van der Waals surface area contributed by atoms with E-state index in [1.165, 1.54) is 12.1 Å². The Labute approximate surface area is 106 Å². The Bertz CT molecular complexity index is 591. The van der Waals surface area contributed by atoms with Crippen LogP contribution in [0.3, 0.4) is 0 Å². The molecule has 0 aliphatic carbocycles. The zero-order valence-corrected chi connectivity index (χ0v) is 9.81. The number of benzene rings is 1. The van der Waals surface area contributed by atoms with Crippen molar-refractivity contribution >= 4 is 5.97 Å². The molecule has 0 atom stereocenters. The van der Waals surface area contributed by atoms with Crippen molar-refractivity contribution in [1.29, 1.82) is 0 Å². The first-order chi connectivity index (χ1) is 8.88. The first-order valence-electron chi connectivity index (χ1n) is 5.26. The monoisotopic (exact) mass is 270 g/mol. The third-order valence-electron chi connectivity index (χ3n) is 2.35. The third kappa shape index (κ3) is 2.93. The van der Waals surface area contributed by atoms with Crippen LogP contribution in [0, 0.1) is 0 Å². The lowest BCUT2D eigenvalue weighted by atomic mass is 10.2. The Hall–Kier alpha value is -2.31. The molecular weight excluding hydrogens is 261 g/mol. The topological polar surface area (TPSA) is 44.1 Å². The first-order valence-corrected chi connectivity index (χ1v) is 5.26. The van der Waals surface area contributed by atoms with Gasteiger partial charge in [-0.15, -0.1) is 5.10 Å². The summed E-state index contributed by atoms with van der Waals surface area (Å²) in [6.07, 6.45) is -4.54. The third-order valence-corrected chi connectivity index (χ3v) is 2.35. The Morgan fingerprint density at radius 2 is 1.89 bits per heavy atom. The van der Waals surface area contributed by atoms with Gasteiger partial charge in [-0.2, -0.15) is 13.2 Å². The lowest BCUT2D eigenvalue weighted by Gasteiger charge is -2.04. The summed E-state index contributed by atoms with van der Waals surface area (Å²) in [5.41, 5.74) is -0.745. The van der Waals surface area contributed by atoms with Crippen LogP contribution in [0.4, 0.5) is 13.2 Å². The molecule has 0 saturated heterocycles. The maximum absolute atomic E-state index is 12.5. The number of carbonyl (C=O) groups excluding carboxylic acids is 1. The second-order valence-electron chi connectivity index (χ2n) is 3.74. The molecule has 100 valence electrons. The highest BCUT2D eigenvalue weighted by atomic mass is 19.4. The normalized spacial score (nSPS) is 11.4. The van der Waals surface area contributed by atoms with Crippen LogP contribution in [0.5, 0.6) is 5.88 Å². The second-order valence-corrected chi connectivity index (χ2v) is 3.74. The van der Waals surface area contributed by atoms with Gasteiger partial charge in [0.2, 0.25) is 5.88 Å². The van der Waals surface area contributed by atoms with Gasteiger partial charge in [0.05, 0.1) is 5.56 Å². The minimum Gasteiger partial charge on any atom is -0.402 e. The summed E-state index contributed by atoms with van der Waals surface area (Å²) in [7, 11) is 1.13. The Morgan fingerprint density at radius 3 is 2.42 bits per heavy atom.